The van der Waals surface area contributed by atoms with E-state index in [1.165, 1.54) is 42.5 Å². The largest absolute Gasteiger partial charge is 0.478 e. The Kier molecular flexibility index (Phi) is 8.34. The van der Waals surface area contributed by atoms with Crippen LogP contribution < -0.4 is 9.80 Å². The first-order valence-corrected chi connectivity index (χ1v) is 13.6. The Balaban J connectivity index is 1.58. The lowest BCUT2D eigenvalue weighted by molar-refractivity contribution is 0.0692. The molecule has 4 aromatic carbocycles. The molecule has 4 aromatic rings. The first kappa shape index (κ1) is 28.1. The number of anilines is 2. The van der Waals surface area contributed by atoms with Crippen LogP contribution in [0.5, 0.6) is 0 Å². The zero-order chi connectivity index (χ0) is 28.9. The van der Waals surface area contributed by atoms with Crippen LogP contribution in [-0.2, 0) is 9.84 Å². The van der Waals surface area contributed by atoms with Gasteiger partial charge in [-0.3, -0.25) is 0 Å². The number of hydrogen-bond donors (Lipinski definition) is 1. The van der Waals surface area contributed by atoms with Gasteiger partial charge in [0.25, 0.3) is 0 Å². The summed E-state index contributed by atoms with van der Waals surface area (Å²) >= 11 is 0. The summed E-state index contributed by atoms with van der Waals surface area (Å²) in [5.74, 6) is -1.37. The molecule has 0 radical (unpaired) electrons. The van der Waals surface area contributed by atoms with Crippen LogP contribution in [0.1, 0.15) is 10.4 Å². The molecule has 0 aliphatic carbocycles. The van der Waals surface area contributed by atoms with Crippen molar-refractivity contribution in [1.82, 2.24) is 0 Å². The second kappa shape index (κ2) is 11.9. The van der Waals surface area contributed by atoms with E-state index in [0.29, 0.717) is 17.1 Å². The maximum atomic E-state index is 13.5. The second-order valence-corrected chi connectivity index (χ2v) is 11.1. The number of carboxylic acids is 1. The lowest BCUT2D eigenvalue weighted by Crippen LogP contribution is -2.09. The van der Waals surface area contributed by atoms with Crippen LogP contribution in [0.2, 0.25) is 0 Å². The Bertz CT molecular complexity index is 1660. The maximum Gasteiger partial charge on any atom is 0.337 e. The van der Waals surface area contributed by atoms with Crippen molar-refractivity contribution >= 4 is 49.9 Å². The Morgan fingerprint density at radius 1 is 0.600 bits per heavy atom. The third-order valence-electron chi connectivity index (χ3n) is 5.93. The van der Waals surface area contributed by atoms with E-state index in [2.05, 4.69) is 20.5 Å². The molecule has 4 rings (SSSR count). The van der Waals surface area contributed by atoms with Crippen molar-refractivity contribution in [1.29, 1.82) is 0 Å². The summed E-state index contributed by atoms with van der Waals surface area (Å²) in [6, 6.07) is 24.4. The van der Waals surface area contributed by atoms with Crippen LogP contribution in [0.4, 0.5) is 34.1 Å². The molecule has 0 spiro atoms. The molecule has 0 saturated carbocycles. The van der Waals surface area contributed by atoms with E-state index in [9.17, 15) is 18.3 Å². The molecule has 0 aliphatic heterocycles. The van der Waals surface area contributed by atoms with Gasteiger partial charge in [-0.25, -0.2) is 13.2 Å². The van der Waals surface area contributed by atoms with Crippen molar-refractivity contribution < 1.29 is 18.3 Å². The van der Waals surface area contributed by atoms with Gasteiger partial charge in [0.2, 0.25) is 9.84 Å². The van der Waals surface area contributed by atoms with E-state index < -0.39 is 15.8 Å². The summed E-state index contributed by atoms with van der Waals surface area (Å²) in [5, 5.41) is 26.3. The number of benzene rings is 4. The molecule has 0 aromatic heterocycles. The summed E-state index contributed by atoms with van der Waals surface area (Å²) in [6.07, 6.45) is 0. The molecule has 10 nitrogen and oxygen atoms in total. The van der Waals surface area contributed by atoms with Crippen LogP contribution in [0.25, 0.3) is 0 Å². The molecular weight excluding hydrogens is 528 g/mol. The van der Waals surface area contributed by atoms with E-state index in [0.717, 1.165) is 11.4 Å². The molecule has 0 bridgehead atoms. The Morgan fingerprint density at radius 2 is 0.975 bits per heavy atom. The number of hydrogen-bond acceptors (Lipinski definition) is 9. The number of carbonyl (C=O) groups is 1. The minimum absolute atomic E-state index is 0.0855. The van der Waals surface area contributed by atoms with Crippen LogP contribution in [0.15, 0.2) is 121 Å². The lowest BCUT2D eigenvalue weighted by atomic mass is 10.2. The van der Waals surface area contributed by atoms with Crippen LogP contribution >= 0.6 is 0 Å². The second-order valence-electron chi connectivity index (χ2n) is 9.20. The van der Waals surface area contributed by atoms with Gasteiger partial charge in [0.05, 0.1) is 38.1 Å². The van der Waals surface area contributed by atoms with Gasteiger partial charge in [-0.15, -0.1) is 0 Å². The van der Waals surface area contributed by atoms with E-state index >= 15 is 0 Å². The fourth-order valence-corrected chi connectivity index (χ4v) is 5.13. The first-order valence-electron chi connectivity index (χ1n) is 12.2. The summed E-state index contributed by atoms with van der Waals surface area (Å²) in [4.78, 5) is 15.3. The van der Waals surface area contributed by atoms with Crippen LogP contribution in [-0.4, -0.2) is 47.7 Å². The zero-order valence-corrected chi connectivity index (χ0v) is 23.2. The van der Waals surface area contributed by atoms with Crippen molar-refractivity contribution in [2.75, 3.05) is 38.0 Å². The van der Waals surface area contributed by atoms with Crippen LogP contribution in [0.3, 0.4) is 0 Å². The number of azo groups is 2. The molecule has 204 valence electrons. The van der Waals surface area contributed by atoms with Gasteiger partial charge < -0.3 is 14.9 Å². The fourth-order valence-electron chi connectivity index (χ4n) is 3.66. The van der Waals surface area contributed by atoms with Crippen molar-refractivity contribution in [2.45, 2.75) is 9.79 Å². The molecule has 11 heteroatoms. The maximum absolute atomic E-state index is 13.5. The van der Waals surface area contributed by atoms with Gasteiger partial charge in [-0.1, -0.05) is 0 Å². The Hall–Kier alpha value is -4.90. The van der Waals surface area contributed by atoms with Gasteiger partial charge in [-0.2, -0.15) is 20.5 Å². The molecule has 0 fully saturated rings. The molecule has 0 heterocycles. The smallest absolute Gasteiger partial charge is 0.337 e. The fraction of sp³-hybridized carbons (Fsp3) is 0.138. The molecule has 1 N–H and O–H groups in total. The molecule has 0 aliphatic rings. The molecule has 0 unspecified atom stereocenters. The zero-order valence-electron chi connectivity index (χ0n) is 22.4. The summed E-state index contributed by atoms with van der Waals surface area (Å²) in [5.41, 5.74) is 3.51. The van der Waals surface area contributed by atoms with Crippen LogP contribution in [0, 0.1) is 0 Å². The topological polar surface area (TPSA) is 127 Å². The van der Waals surface area contributed by atoms with Gasteiger partial charge in [-0.05, 0) is 91.0 Å². The van der Waals surface area contributed by atoms with E-state index in [1.807, 2.05) is 74.4 Å². The summed E-state index contributed by atoms with van der Waals surface area (Å²) in [6.45, 7) is 0. The number of carboxylic acid groups (broad SMARTS) is 1. The summed E-state index contributed by atoms with van der Waals surface area (Å²) in [7, 11) is 3.53. The van der Waals surface area contributed by atoms with Gasteiger partial charge in [0, 0.05) is 39.6 Å². The molecular formula is C29H28N6O4S. The highest BCUT2D eigenvalue weighted by molar-refractivity contribution is 7.91. The monoisotopic (exact) mass is 556 g/mol. The molecule has 0 atom stereocenters. The van der Waals surface area contributed by atoms with Gasteiger partial charge >= 0.3 is 5.97 Å². The Morgan fingerprint density at radius 3 is 1.38 bits per heavy atom. The quantitative estimate of drug-likeness (QED) is 0.218. The van der Waals surface area contributed by atoms with Crippen molar-refractivity contribution in [2.24, 2.45) is 20.5 Å². The SMILES string of the molecule is CN(C)c1ccc(N=Nc2ccc(S(=O)(=O)c3cc(N=Nc4ccc(N(C)C)cc4)ccc3C(=O)O)cc2)cc1. The normalized spacial score (nSPS) is 11.7. The predicted octanol–water partition coefficient (Wildman–Crippen LogP) is 7.18. The third-order valence-corrected chi connectivity index (χ3v) is 7.74. The minimum Gasteiger partial charge on any atom is -0.478 e. The highest BCUT2D eigenvalue weighted by atomic mass is 32.2. The lowest BCUT2D eigenvalue weighted by Gasteiger charge is -2.11. The number of nitrogens with zero attached hydrogens (tertiary/aromatic N) is 6. The average molecular weight is 557 g/mol. The van der Waals surface area contributed by atoms with Gasteiger partial charge in [0.15, 0.2) is 0 Å². The minimum atomic E-state index is -4.20. The van der Waals surface area contributed by atoms with Crippen molar-refractivity contribution in [3.05, 3.63) is 96.6 Å². The molecule has 40 heavy (non-hydrogen) atoms. The Labute approximate surface area is 232 Å². The number of aromatic carboxylic acids is 1. The highest BCUT2D eigenvalue weighted by Crippen LogP contribution is 2.31. The number of rotatable bonds is 9. The van der Waals surface area contributed by atoms with E-state index in [1.54, 1.807) is 12.1 Å². The molecule has 0 amide bonds. The predicted molar refractivity (Wildman–Crippen MR) is 155 cm³/mol. The van der Waals surface area contributed by atoms with E-state index in [4.69, 9.17) is 0 Å². The summed E-state index contributed by atoms with van der Waals surface area (Å²) < 4.78 is 26.9. The van der Waals surface area contributed by atoms with Crippen molar-refractivity contribution in [3.8, 4) is 0 Å². The standard InChI is InChI=1S/C29H28N6O4S/c1-34(2)24-12-5-20(6-13-24)30-31-22-9-16-26(17-10-22)40(38,39)28-19-23(11-18-27(28)29(36)37)33-32-21-7-14-25(15-8-21)35(3)4/h5-19H,1-4H3,(H,36,37). The third kappa shape index (κ3) is 6.56. The molecule has 0 saturated heterocycles. The average Bonchev–Trinajstić information content (AvgIpc) is 2.95. The van der Waals surface area contributed by atoms with E-state index in [-0.39, 0.29) is 21.0 Å². The first-order chi connectivity index (χ1) is 19.0. The van der Waals surface area contributed by atoms with Crippen molar-refractivity contribution in [3.63, 3.8) is 0 Å². The number of sulfone groups is 1. The van der Waals surface area contributed by atoms with Gasteiger partial charge in [0.1, 0.15) is 0 Å². The highest BCUT2D eigenvalue weighted by Gasteiger charge is 2.25.